The average molecular weight is 177 g/mol. The molecule has 0 aliphatic heterocycles. The predicted molar refractivity (Wildman–Crippen MR) is 58.3 cm³/mol. The van der Waals surface area contributed by atoms with Gasteiger partial charge in [0.2, 0.25) is 0 Å². The van der Waals surface area contributed by atoms with Gasteiger partial charge in [-0.1, -0.05) is 13.8 Å². The maximum absolute atomic E-state index is 5.71. The fourth-order valence-corrected chi connectivity index (χ4v) is 0.902. The third kappa shape index (κ3) is 2.78. The van der Waals surface area contributed by atoms with Crippen LogP contribution in [-0.4, -0.2) is 6.21 Å². The lowest BCUT2D eigenvalue weighted by molar-refractivity contribution is 0.907. The molecule has 0 aliphatic carbocycles. The standard InChI is InChI=1S/C10H15N3/c1-7(2)6-13-10-5-8(11)3-4-9(10)12/h3-7H,11-12H2,1-2H3. The SMILES string of the molecule is CC(C)C=Nc1cc(N)ccc1N. The highest BCUT2D eigenvalue weighted by atomic mass is 14.8. The van der Waals surface area contributed by atoms with E-state index in [0.29, 0.717) is 17.3 Å². The molecule has 0 radical (unpaired) electrons. The van der Waals surface area contributed by atoms with Gasteiger partial charge in [0.25, 0.3) is 0 Å². The summed E-state index contributed by atoms with van der Waals surface area (Å²) in [5.41, 5.74) is 13.4. The van der Waals surface area contributed by atoms with Crippen molar-refractivity contribution in [3.05, 3.63) is 18.2 Å². The predicted octanol–water partition coefficient (Wildman–Crippen LogP) is 2.21. The Morgan fingerprint density at radius 3 is 2.62 bits per heavy atom. The molecule has 0 aromatic heterocycles. The van der Waals surface area contributed by atoms with Gasteiger partial charge in [0, 0.05) is 11.9 Å². The van der Waals surface area contributed by atoms with E-state index >= 15 is 0 Å². The molecule has 3 nitrogen and oxygen atoms in total. The van der Waals surface area contributed by atoms with E-state index < -0.39 is 0 Å². The summed E-state index contributed by atoms with van der Waals surface area (Å²) in [4.78, 5) is 4.24. The average Bonchev–Trinajstić information content (AvgIpc) is 2.06. The van der Waals surface area contributed by atoms with Crippen molar-refractivity contribution in [2.75, 3.05) is 11.5 Å². The molecule has 0 bridgehead atoms. The summed E-state index contributed by atoms with van der Waals surface area (Å²) in [5, 5.41) is 0. The van der Waals surface area contributed by atoms with E-state index in [0.717, 1.165) is 5.69 Å². The maximum Gasteiger partial charge on any atom is 0.0875 e. The minimum absolute atomic E-state index is 0.417. The Morgan fingerprint density at radius 2 is 2.00 bits per heavy atom. The van der Waals surface area contributed by atoms with Crippen LogP contribution < -0.4 is 11.5 Å². The summed E-state index contributed by atoms with van der Waals surface area (Å²) in [6.45, 7) is 4.12. The van der Waals surface area contributed by atoms with Gasteiger partial charge in [0.15, 0.2) is 0 Å². The first-order chi connectivity index (χ1) is 6.09. The number of nitrogens with zero attached hydrogens (tertiary/aromatic N) is 1. The van der Waals surface area contributed by atoms with Crippen LogP contribution in [0.25, 0.3) is 0 Å². The number of aliphatic imine (C=N–C) groups is 1. The Kier molecular flexibility index (Phi) is 2.90. The largest absolute Gasteiger partial charge is 0.399 e. The lowest BCUT2D eigenvalue weighted by Crippen LogP contribution is -1.91. The minimum atomic E-state index is 0.417. The van der Waals surface area contributed by atoms with Gasteiger partial charge in [0.1, 0.15) is 0 Å². The van der Waals surface area contributed by atoms with E-state index in [9.17, 15) is 0 Å². The molecule has 1 rings (SSSR count). The van der Waals surface area contributed by atoms with Gasteiger partial charge < -0.3 is 11.5 Å². The van der Waals surface area contributed by atoms with Gasteiger partial charge >= 0.3 is 0 Å². The number of benzene rings is 1. The molecule has 0 unspecified atom stereocenters. The highest BCUT2D eigenvalue weighted by Gasteiger charge is 1.96. The van der Waals surface area contributed by atoms with Crippen LogP contribution in [-0.2, 0) is 0 Å². The zero-order chi connectivity index (χ0) is 9.84. The second kappa shape index (κ2) is 3.94. The molecule has 0 amide bonds. The van der Waals surface area contributed by atoms with Gasteiger partial charge in [0.05, 0.1) is 11.4 Å². The Labute approximate surface area is 78.5 Å². The van der Waals surface area contributed by atoms with Gasteiger partial charge in [-0.3, -0.25) is 4.99 Å². The zero-order valence-electron chi connectivity index (χ0n) is 7.99. The molecule has 3 heteroatoms. The topological polar surface area (TPSA) is 64.4 Å². The van der Waals surface area contributed by atoms with Crippen LogP contribution in [0.4, 0.5) is 17.1 Å². The van der Waals surface area contributed by atoms with Crippen LogP contribution in [0.15, 0.2) is 23.2 Å². The number of anilines is 2. The quantitative estimate of drug-likeness (QED) is 0.537. The summed E-state index contributed by atoms with van der Waals surface area (Å²) in [6.07, 6.45) is 1.85. The molecule has 4 N–H and O–H groups in total. The fourth-order valence-electron chi connectivity index (χ4n) is 0.902. The normalized spacial score (nSPS) is 11.3. The Balaban J connectivity index is 2.93. The number of rotatable bonds is 2. The monoisotopic (exact) mass is 177 g/mol. The molecule has 1 aromatic carbocycles. The van der Waals surface area contributed by atoms with Crippen LogP contribution in [0.5, 0.6) is 0 Å². The number of nitrogens with two attached hydrogens (primary N) is 2. The summed E-state index contributed by atoms with van der Waals surface area (Å²) < 4.78 is 0. The fraction of sp³-hybridized carbons (Fsp3) is 0.300. The van der Waals surface area contributed by atoms with Crippen molar-refractivity contribution in [2.45, 2.75) is 13.8 Å². The van der Waals surface area contributed by atoms with Crippen molar-refractivity contribution in [3.8, 4) is 0 Å². The number of hydrogen-bond acceptors (Lipinski definition) is 3. The second-order valence-corrected chi connectivity index (χ2v) is 3.34. The van der Waals surface area contributed by atoms with Crippen LogP contribution in [0, 0.1) is 5.92 Å². The Hall–Kier alpha value is -1.51. The lowest BCUT2D eigenvalue weighted by Gasteiger charge is -2.01. The first-order valence-electron chi connectivity index (χ1n) is 4.29. The van der Waals surface area contributed by atoms with Gasteiger partial charge in [-0.25, -0.2) is 0 Å². The van der Waals surface area contributed by atoms with E-state index in [1.54, 1.807) is 18.2 Å². The van der Waals surface area contributed by atoms with Crippen molar-refractivity contribution in [1.82, 2.24) is 0 Å². The molecule has 0 saturated carbocycles. The van der Waals surface area contributed by atoms with Gasteiger partial charge in [-0.2, -0.15) is 0 Å². The second-order valence-electron chi connectivity index (χ2n) is 3.34. The van der Waals surface area contributed by atoms with E-state index in [2.05, 4.69) is 18.8 Å². The molecule has 70 valence electrons. The molecule has 0 aliphatic rings. The molecular formula is C10H15N3. The molecule has 13 heavy (non-hydrogen) atoms. The van der Waals surface area contributed by atoms with Crippen LogP contribution in [0.2, 0.25) is 0 Å². The van der Waals surface area contributed by atoms with Crippen molar-refractivity contribution >= 4 is 23.3 Å². The lowest BCUT2D eigenvalue weighted by atomic mass is 10.2. The summed E-state index contributed by atoms with van der Waals surface area (Å²) in [6, 6.07) is 5.31. The van der Waals surface area contributed by atoms with Gasteiger partial charge in [-0.05, 0) is 24.1 Å². The molecule has 0 heterocycles. The van der Waals surface area contributed by atoms with Crippen molar-refractivity contribution < 1.29 is 0 Å². The van der Waals surface area contributed by atoms with Crippen LogP contribution >= 0.6 is 0 Å². The summed E-state index contributed by atoms with van der Waals surface area (Å²) in [7, 11) is 0. The van der Waals surface area contributed by atoms with Gasteiger partial charge in [-0.15, -0.1) is 0 Å². The molecule has 0 atom stereocenters. The van der Waals surface area contributed by atoms with Crippen LogP contribution in [0.1, 0.15) is 13.8 Å². The first-order valence-corrected chi connectivity index (χ1v) is 4.29. The Bertz CT molecular complexity index is 316. The van der Waals surface area contributed by atoms with Crippen molar-refractivity contribution in [2.24, 2.45) is 10.9 Å². The number of hydrogen-bond donors (Lipinski definition) is 2. The molecule has 0 fully saturated rings. The molecule has 0 saturated heterocycles. The highest BCUT2D eigenvalue weighted by molar-refractivity contribution is 5.74. The highest BCUT2D eigenvalue weighted by Crippen LogP contribution is 2.24. The van der Waals surface area contributed by atoms with Crippen LogP contribution in [0.3, 0.4) is 0 Å². The summed E-state index contributed by atoms with van der Waals surface area (Å²) >= 11 is 0. The molecular weight excluding hydrogens is 162 g/mol. The van der Waals surface area contributed by atoms with E-state index in [-0.39, 0.29) is 0 Å². The maximum atomic E-state index is 5.71. The Morgan fingerprint density at radius 1 is 1.31 bits per heavy atom. The summed E-state index contributed by atoms with van der Waals surface area (Å²) in [5.74, 6) is 0.417. The van der Waals surface area contributed by atoms with E-state index in [1.165, 1.54) is 0 Å². The van der Waals surface area contributed by atoms with E-state index in [1.807, 2.05) is 6.21 Å². The minimum Gasteiger partial charge on any atom is -0.399 e. The first kappa shape index (κ1) is 9.58. The zero-order valence-corrected chi connectivity index (χ0v) is 7.99. The third-order valence-electron chi connectivity index (χ3n) is 1.57. The number of nitrogen functional groups attached to an aromatic ring is 2. The van der Waals surface area contributed by atoms with Crippen molar-refractivity contribution in [3.63, 3.8) is 0 Å². The van der Waals surface area contributed by atoms with E-state index in [4.69, 9.17) is 11.5 Å². The van der Waals surface area contributed by atoms with Crippen molar-refractivity contribution in [1.29, 1.82) is 0 Å². The smallest absolute Gasteiger partial charge is 0.0875 e. The third-order valence-corrected chi connectivity index (χ3v) is 1.57. The molecule has 1 aromatic rings. The molecule has 0 spiro atoms.